The Kier molecular flexibility index (Phi) is 7.24. The van der Waals surface area contributed by atoms with E-state index in [4.69, 9.17) is 26.4 Å². The molecule has 0 aliphatic rings. The van der Waals surface area contributed by atoms with Gasteiger partial charge in [-0.2, -0.15) is 0 Å². The number of nitrogens with zero attached hydrogens (tertiary/aromatic N) is 1. The van der Waals surface area contributed by atoms with E-state index >= 15 is 0 Å². The number of aromatic nitrogens is 1. The number of hydrogen-bond donors (Lipinski definition) is 2. The molecule has 1 heterocycles. The molecule has 0 spiro atoms. The maximum absolute atomic E-state index is 12.6. The highest BCUT2D eigenvalue weighted by molar-refractivity contribution is 9.10. The first-order chi connectivity index (χ1) is 14.4. The molecule has 3 aromatic rings. The first-order valence-electron chi connectivity index (χ1n) is 8.59. The number of rotatable bonds is 6. The zero-order chi connectivity index (χ0) is 21.7. The third-order valence-corrected chi connectivity index (χ3v) is 5.51. The average Bonchev–Trinajstić information content (AvgIpc) is 3.21. The molecular formula is C20H18BrN3O4S2. The zero-order valence-electron chi connectivity index (χ0n) is 16.3. The zero-order valence-corrected chi connectivity index (χ0v) is 19.5. The van der Waals surface area contributed by atoms with E-state index in [0.29, 0.717) is 27.9 Å². The second-order valence-corrected chi connectivity index (χ2v) is 8.05. The molecule has 2 N–H and O–H groups in total. The molecule has 0 atom stereocenters. The summed E-state index contributed by atoms with van der Waals surface area (Å²) in [6.07, 6.45) is 0. The van der Waals surface area contributed by atoms with Gasteiger partial charge >= 0.3 is 0 Å². The number of anilines is 1. The molecule has 2 aromatic carbocycles. The summed E-state index contributed by atoms with van der Waals surface area (Å²) in [4.78, 5) is 17.1. The van der Waals surface area contributed by atoms with E-state index in [9.17, 15) is 4.79 Å². The van der Waals surface area contributed by atoms with Crippen molar-refractivity contribution in [1.29, 1.82) is 0 Å². The quantitative estimate of drug-likeness (QED) is 0.466. The van der Waals surface area contributed by atoms with Gasteiger partial charge in [-0.25, -0.2) is 4.98 Å². The first kappa shape index (κ1) is 22.0. The van der Waals surface area contributed by atoms with Crippen LogP contribution in [0.15, 0.2) is 46.3 Å². The number of carbonyl (C=O) groups excluding carboxylic acids is 1. The molecule has 0 unspecified atom stereocenters. The van der Waals surface area contributed by atoms with Crippen molar-refractivity contribution in [2.45, 2.75) is 0 Å². The van der Waals surface area contributed by atoms with Crippen LogP contribution in [0.1, 0.15) is 10.4 Å². The van der Waals surface area contributed by atoms with Gasteiger partial charge in [-0.1, -0.05) is 28.1 Å². The fraction of sp³-hybridized carbons (Fsp3) is 0.150. The fourth-order valence-corrected chi connectivity index (χ4v) is 3.84. The topological polar surface area (TPSA) is 81.7 Å². The summed E-state index contributed by atoms with van der Waals surface area (Å²) in [5, 5.41) is 8.18. The van der Waals surface area contributed by atoms with Gasteiger partial charge in [-0.3, -0.25) is 10.1 Å². The van der Waals surface area contributed by atoms with Crippen LogP contribution in [0.2, 0.25) is 0 Å². The Labute approximate surface area is 191 Å². The molecule has 7 nitrogen and oxygen atoms in total. The van der Waals surface area contributed by atoms with Crippen LogP contribution < -0.4 is 24.8 Å². The predicted octanol–water partition coefficient (Wildman–Crippen LogP) is 4.73. The van der Waals surface area contributed by atoms with Crippen LogP contribution in [-0.2, 0) is 0 Å². The summed E-state index contributed by atoms with van der Waals surface area (Å²) >= 11 is 10.1. The number of carbonyl (C=O) groups is 1. The molecule has 0 fully saturated rings. The van der Waals surface area contributed by atoms with Gasteiger partial charge in [0.05, 0.1) is 27.0 Å². The summed E-state index contributed by atoms with van der Waals surface area (Å²) in [5.41, 5.74) is 2.10. The largest absolute Gasteiger partial charge is 0.493 e. The highest BCUT2D eigenvalue weighted by Crippen LogP contribution is 2.38. The van der Waals surface area contributed by atoms with Gasteiger partial charge in [0.1, 0.15) is 0 Å². The van der Waals surface area contributed by atoms with Crippen molar-refractivity contribution in [1.82, 2.24) is 10.3 Å². The van der Waals surface area contributed by atoms with Gasteiger partial charge in [-0.05, 0) is 36.5 Å². The minimum absolute atomic E-state index is 0.130. The number of thiocarbonyl (C=S) groups is 1. The molecule has 10 heteroatoms. The lowest BCUT2D eigenvalue weighted by atomic mass is 10.1. The standard InChI is InChI=1S/C20H18BrN3O4S2/c1-26-15-8-12(9-16(27-2)17(15)28-3)18(25)23-19(29)24-20-22-14(10-30-20)11-4-6-13(21)7-5-11/h4-10H,1-3H3,(H2,22,23,24,25,29). The van der Waals surface area contributed by atoms with Crippen molar-refractivity contribution in [2.75, 3.05) is 26.6 Å². The van der Waals surface area contributed by atoms with E-state index in [1.54, 1.807) is 12.1 Å². The van der Waals surface area contributed by atoms with E-state index in [-0.39, 0.29) is 5.11 Å². The number of amides is 1. The highest BCUT2D eigenvalue weighted by Gasteiger charge is 2.18. The van der Waals surface area contributed by atoms with E-state index < -0.39 is 5.91 Å². The molecule has 1 aromatic heterocycles. The van der Waals surface area contributed by atoms with Crippen LogP contribution >= 0.6 is 39.5 Å². The Hall–Kier alpha value is -2.69. The lowest BCUT2D eigenvalue weighted by Crippen LogP contribution is -2.34. The summed E-state index contributed by atoms with van der Waals surface area (Å²) in [6.45, 7) is 0. The fourth-order valence-electron chi connectivity index (χ4n) is 2.60. The molecule has 0 saturated heterocycles. The average molecular weight is 508 g/mol. The number of methoxy groups -OCH3 is 3. The summed E-state index contributed by atoms with van der Waals surface area (Å²) in [7, 11) is 4.46. The Morgan fingerprint density at radius 3 is 2.27 bits per heavy atom. The molecule has 0 radical (unpaired) electrons. The highest BCUT2D eigenvalue weighted by atomic mass is 79.9. The first-order valence-corrected chi connectivity index (χ1v) is 10.7. The molecular weight excluding hydrogens is 490 g/mol. The molecule has 30 heavy (non-hydrogen) atoms. The van der Waals surface area contributed by atoms with Crippen molar-refractivity contribution >= 4 is 55.6 Å². The van der Waals surface area contributed by atoms with Gasteiger partial charge in [0.15, 0.2) is 21.7 Å². The van der Waals surface area contributed by atoms with Gasteiger partial charge in [0, 0.05) is 21.0 Å². The van der Waals surface area contributed by atoms with E-state index in [1.165, 1.54) is 32.7 Å². The second-order valence-electron chi connectivity index (χ2n) is 5.87. The Morgan fingerprint density at radius 2 is 1.70 bits per heavy atom. The van der Waals surface area contributed by atoms with Crippen LogP contribution in [0.4, 0.5) is 5.13 Å². The third kappa shape index (κ3) is 5.07. The summed E-state index contributed by atoms with van der Waals surface area (Å²) in [5.74, 6) is 0.733. The maximum atomic E-state index is 12.6. The van der Waals surface area contributed by atoms with Crippen molar-refractivity contribution < 1.29 is 19.0 Å². The van der Waals surface area contributed by atoms with Gasteiger partial charge in [0.25, 0.3) is 5.91 Å². The minimum Gasteiger partial charge on any atom is -0.493 e. The van der Waals surface area contributed by atoms with Crippen LogP contribution in [0.25, 0.3) is 11.3 Å². The molecule has 0 saturated carbocycles. The number of benzene rings is 2. The van der Waals surface area contributed by atoms with Gasteiger partial charge in [-0.15, -0.1) is 11.3 Å². The third-order valence-electron chi connectivity index (χ3n) is 4.02. The maximum Gasteiger partial charge on any atom is 0.257 e. The summed E-state index contributed by atoms with van der Waals surface area (Å²) < 4.78 is 16.8. The van der Waals surface area contributed by atoms with E-state index in [0.717, 1.165) is 15.7 Å². The molecule has 1 amide bonds. The number of hydrogen-bond acceptors (Lipinski definition) is 7. The van der Waals surface area contributed by atoms with Crippen LogP contribution in [0, 0.1) is 0 Å². The number of thiazole rings is 1. The Balaban J connectivity index is 1.69. The number of halogens is 1. The summed E-state index contributed by atoms with van der Waals surface area (Å²) in [6, 6.07) is 10.9. The monoisotopic (exact) mass is 507 g/mol. The second kappa shape index (κ2) is 9.88. The number of nitrogens with one attached hydrogen (secondary N) is 2. The Bertz CT molecular complexity index is 1050. The van der Waals surface area contributed by atoms with Crippen molar-refractivity contribution in [3.63, 3.8) is 0 Å². The van der Waals surface area contributed by atoms with Gasteiger partial charge < -0.3 is 19.5 Å². The predicted molar refractivity (Wildman–Crippen MR) is 125 cm³/mol. The van der Waals surface area contributed by atoms with Crippen LogP contribution in [-0.4, -0.2) is 37.3 Å². The van der Waals surface area contributed by atoms with Crippen LogP contribution in [0.3, 0.4) is 0 Å². The van der Waals surface area contributed by atoms with Crippen LogP contribution in [0.5, 0.6) is 17.2 Å². The van der Waals surface area contributed by atoms with Gasteiger partial charge in [0.2, 0.25) is 5.75 Å². The smallest absolute Gasteiger partial charge is 0.257 e. The molecule has 156 valence electrons. The van der Waals surface area contributed by atoms with E-state index in [1.807, 2.05) is 29.6 Å². The SMILES string of the molecule is COc1cc(C(=O)NC(=S)Nc2nc(-c3ccc(Br)cc3)cs2)cc(OC)c1OC. The molecule has 0 aliphatic carbocycles. The molecule has 0 bridgehead atoms. The minimum atomic E-state index is -0.420. The van der Waals surface area contributed by atoms with Crippen molar-refractivity contribution in [3.05, 3.63) is 51.8 Å². The molecule has 0 aliphatic heterocycles. The van der Waals surface area contributed by atoms with Crippen molar-refractivity contribution in [2.24, 2.45) is 0 Å². The Morgan fingerprint density at radius 1 is 1.07 bits per heavy atom. The molecule has 3 rings (SSSR count). The lowest BCUT2D eigenvalue weighted by molar-refractivity contribution is 0.0977. The van der Waals surface area contributed by atoms with E-state index in [2.05, 4.69) is 31.5 Å². The normalized spacial score (nSPS) is 10.3. The van der Waals surface area contributed by atoms with Crippen molar-refractivity contribution in [3.8, 4) is 28.5 Å². The lowest BCUT2D eigenvalue weighted by Gasteiger charge is -2.14. The number of ether oxygens (including phenoxy) is 3.